The number of guanidine groups is 1. The third-order valence-electron chi connectivity index (χ3n) is 4.40. The van der Waals surface area contributed by atoms with Crippen LogP contribution in [0.3, 0.4) is 0 Å². The first kappa shape index (κ1) is 21.5. The van der Waals surface area contributed by atoms with E-state index in [0.29, 0.717) is 36.9 Å². The molecule has 0 fully saturated rings. The average Bonchev–Trinajstić information content (AvgIpc) is 3.33. The molecule has 0 atom stereocenters. The number of aliphatic imine (C=N–C) groups is 1. The number of halogens is 3. The summed E-state index contributed by atoms with van der Waals surface area (Å²) in [5.41, 5.74) is 0.570. The summed E-state index contributed by atoms with van der Waals surface area (Å²) in [7, 11) is 0. The lowest BCUT2D eigenvalue weighted by molar-refractivity contribution is -0.137. The van der Waals surface area contributed by atoms with Crippen LogP contribution in [0.4, 0.5) is 13.2 Å². The number of furan rings is 1. The van der Waals surface area contributed by atoms with Gasteiger partial charge in [0.25, 0.3) is 0 Å². The van der Waals surface area contributed by atoms with Gasteiger partial charge in [-0.3, -0.25) is 0 Å². The van der Waals surface area contributed by atoms with Gasteiger partial charge in [0, 0.05) is 13.0 Å². The second-order valence-corrected chi connectivity index (χ2v) is 6.72. The van der Waals surface area contributed by atoms with Gasteiger partial charge in [0.2, 0.25) is 5.89 Å². The third kappa shape index (κ3) is 6.13. The lowest BCUT2D eigenvalue weighted by atomic mass is 10.1. The van der Waals surface area contributed by atoms with E-state index in [1.807, 2.05) is 26.0 Å². The number of aromatic nitrogens is 1. The number of aryl methyl sites for hydroxylation is 2. The fourth-order valence-electron chi connectivity index (χ4n) is 2.72. The molecular weight excluding hydrogens is 397 g/mol. The quantitative estimate of drug-likeness (QED) is 0.438. The Morgan fingerprint density at radius 1 is 1.13 bits per heavy atom. The van der Waals surface area contributed by atoms with Crippen molar-refractivity contribution in [3.63, 3.8) is 0 Å². The molecule has 1 aromatic carbocycles. The number of hydrogen-bond acceptors (Lipinski definition) is 4. The lowest BCUT2D eigenvalue weighted by Crippen LogP contribution is -2.38. The fraction of sp³-hybridized carbons (Fsp3) is 0.333. The maximum absolute atomic E-state index is 12.9. The van der Waals surface area contributed by atoms with Crippen LogP contribution >= 0.6 is 0 Å². The first-order valence-corrected chi connectivity index (χ1v) is 9.45. The first-order valence-electron chi connectivity index (χ1n) is 9.45. The van der Waals surface area contributed by atoms with Crippen molar-refractivity contribution in [2.24, 2.45) is 4.99 Å². The molecule has 0 bridgehead atoms. The van der Waals surface area contributed by atoms with Gasteiger partial charge >= 0.3 is 6.18 Å². The van der Waals surface area contributed by atoms with E-state index in [4.69, 9.17) is 8.83 Å². The van der Waals surface area contributed by atoms with E-state index in [9.17, 15) is 13.2 Å². The second kappa shape index (κ2) is 9.51. The lowest BCUT2D eigenvalue weighted by Gasteiger charge is -2.12. The fourth-order valence-corrected chi connectivity index (χ4v) is 2.72. The van der Waals surface area contributed by atoms with Gasteiger partial charge in [-0.2, -0.15) is 13.2 Å². The molecule has 0 radical (unpaired) electrons. The highest BCUT2D eigenvalue weighted by Gasteiger charge is 2.30. The van der Waals surface area contributed by atoms with Gasteiger partial charge in [0.15, 0.2) is 5.96 Å². The highest BCUT2D eigenvalue weighted by atomic mass is 19.4. The highest BCUT2D eigenvalue weighted by Crippen LogP contribution is 2.29. The minimum absolute atomic E-state index is 0.0869. The van der Waals surface area contributed by atoms with Crippen LogP contribution in [0.25, 0.3) is 0 Å². The molecule has 6 nitrogen and oxygen atoms in total. The monoisotopic (exact) mass is 420 g/mol. The molecule has 0 aliphatic rings. The van der Waals surface area contributed by atoms with Crippen LogP contribution in [0.15, 0.2) is 56.5 Å². The van der Waals surface area contributed by atoms with E-state index in [1.165, 1.54) is 6.07 Å². The van der Waals surface area contributed by atoms with Crippen LogP contribution in [0.2, 0.25) is 0 Å². The number of benzene rings is 1. The summed E-state index contributed by atoms with van der Waals surface area (Å²) >= 11 is 0. The molecule has 3 aromatic rings. The SMILES string of the molecule is Cc1nc(CNC(=NCc2cccc(C(F)(F)F)c2)NCCc2ccco2)oc1C. The van der Waals surface area contributed by atoms with Crippen molar-refractivity contribution in [1.29, 1.82) is 0 Å². The smallest absolute Gasteiger partial charge is 0.416 e. The Labute approximate surface area is 172 Å². The molecule has 0 aliphatic carbocycles. The summed E-state index contributed by atoms with van der Waals surface area (Å²) in [5.74, 6) is 2.50. The largest absolute Gasteiger partial charge is 0.469 e. The van der Waals surface area contributed by atoms with E-state index in [1.54, 1.807) is 12.3 Å². The summed E-state index contributed by atoms with van der Waals surface area (Å²) < 4.78 is 49.6. The van der Waals surface area contributed by atoms with Crippen molar-refractivity contribution in [1.82, 2.24) is 15.6 Å². The second-order valence-electron chi connectivity index (χ2n) is 6.72. The molecule has 0 saturated heterocycles. The molecular formula is C21H23F3N4O2. The Morgan fingerprint density at radius 2 is 1.97 bits per heavy atom. The van der Waals surface area contributed by atoms with Gasteiger partial charge < -0.3 is 19.5 Å². The Hall–Kier alpha value is -3.23. The summed E-state index contributed by atoms with van der Waals surface area (Å²) in [4.78, 5) is 8.72. The predicted octanol–water partition coefficient (Wildman–Crippen LogP) is 4.38. The van der Waals surface area contributed by atoms with Crippen LogP contribution in [-0.4, -0.2) is 17.5 Å². The number of oxazole rings is 1. The van der Waals surface area contributed by atoms with Gasteiger partial charge in [-0.25, -0.2) is 9.98 Å². The van der Waals surface area contributed by atoms with Crippen LogP contribution < -0.4 is 10.6 Å². The standard InChI is InChI=1S/C21H23F3N4O2/c1-14-15(2)30-19(28-14)13-27-20(25-9-8-18-7-4-10-29-18)26-12-16-5-3-6-17(11-16)21(22,23)24/h3-7,10-11H,8-9,12-13H2,1-2H3,(H2,25,26,27). The Morgan fingerprint density at radius 3 is 2.63 bits per heavy atom. The first-order chi connectivity index (χ1) is 14.3. The molecule has 0 saturated carbocycles. The van der Waals surface area contributed by atoms with Crippen molar-refractivity contribution in [2.75, 3.05) is 6.54 Å². The summed E-state index contributed by atoms with van der Waals surface area (Å²) in [6, 6.07) is 8.81. The Balaban J connectivity index is 1.66. The maximum Gasteiger partial charge on any atom is 0.416 e. The van der Waals surface area contributed by atoms with Crippen molar-refractivity contribution < 1.29 is 22.0 Å². The number of nitrogens with zero attached hydrogens (tertiary/aromatic N) is 2. The highest BCUT2D eigenvalue weighted by molar-refractivity contribution is 5.79. The third-order valence-corrected chi connectivity index (χ3v) is 4.40. The van der Waals surface area contributed by atoms with Gasteiger partial charge in [-0.1, -0.05) is 12.1 Å². The number of rotatable bonds is 7. The molecule has 30 heavy (non-hydrogen) atoms. The van der Waals surface area contributed by atoms with Crippen molar-refractivity contribution >= 4 is 5.96 Å². The number of alkyl halides is 3. The van der Waals surface area contributed by atoms with E-state index in [0.717, 1.165) is 29.3 Å². The van der Waals surface area contributed by atoms with Crippen LogP contribution in [0.5, 0.6) is 0 Å². The molecule has 2 aromatic heterocycles. The molecule has 160 valence electrons. The molecule has 9 heteroatoms. The minimum Gasteiger partial charge on any atom is -0.469 e. The molecule has 0 aliphatic heterocycles. The van der Waals surface area contributed by atoms with Gasteiger partial charge in [0.1, 0.15) is 11.5 Å². The molecule has 3 rings (SSSR count). The van der Waals surface area contributed by atoms with Gasteiger partial charge in [-0.15, -0.1) is 0 Å². The zero-order valence-corrected chi connectivity index (χ0v) is 16.7. The van der Waals surface area contributed by atoms with Crippen LogP contribution in [0, 0.1) is 13.8 Å². The molecule has 2 N–H and O–H groups in total. The summed E-state index contributed by atoms with van der Waals surface area (Å²) in [6.07, 6.45) is -2.15. The van der Waals surface area contributed by atoms with Crippen LogP contribution in [0.1, 0.15) is 34.2 Å². The normalized spacial score (nSPS) is 12.2. The zero-order valence-electron chi connectivity index (χ0n) is 16.7. The van der Waals surface area contributed by atoms with Gasteiger partial charge in [-0.05, 0) is 43.7 Å². The van der Waals surface area contributed by atoms with Crippen LogP contribution in [-0.2, 0) is 25.7 Å². The van der Waals surface area contributed by atoms with Crippen molar-refractivity contribution in [3.8, 4) is 0 Å². The maximum atomic E-state index is 12.9. The van der Waals surface area contributed by atoms with E-state index >= 15 is 0 Å². The molecule has 0 amide bonds. The minimum atomic E-state index is -4.39. The van der Waals surface area contributed by atoms with E-state index in [-0.39, 0.29) is 6.54 Å². The summed E-state index contributed by atoms with van der Waals surface area (Å²) in [5, 5.41) is 6.25. The Kier molecular flexibility index (Phi) is 6.81. The number of hydrogen-bond donors (Lipinski definition) is 2. The van der Waals surface area contributed by atoms with Gasteiger partial charge in [0.05, 0.1) is 30.6 Å². The average molecular weight is 420 g/mol. The number of nitrogens with one attached hydrogen (secondary N) is 2. The predicted molar refractivity (Wildman–Crippen MR) is 106 cm³/mol. The van der Waals surface area contributed by atoms with Crippen molar-refractivity contribution in [3.05, 3.63) is 76.9 Å². The van der Waals surface area contributed by atoms with Crippen molar-refractivity contribution in [2.45, 2.75) is 39.5 Å². The van der Waals surface area contributed by atoms with E-state index in [2.05, 4.69) is 20.6 Å². The molecule has 0 unspecified atom stereocenters. The Bertz CT molecular complexity index is 959. The molecule has 2 heterocycles. The summed E-state index contributed by atoms with van der Waals surface area (Å²) in [6.45, 7) is 4.60. The molecule has 0 spiro atoms. The topological polar surface area (TPSA) is 75.6 Å². The van der Waals surface area contributed by atoms with E-state index < -0.39 is 11.7 Å². The zero-order chi connectivity index (χ0) is 21.6.